The number of benzene rings is 2. The zero-order chi connectivity index (χ0) is 14.0. The molecule has 0 spiro atoms. The molecule has 0 aromatic heterocycles. The van der Waals surface area contributed by atoms with E-state index in [-0.39, 0.29) is 11.8 Å². The van der Waals surface area contributed by atoms with Crippen LogP contribution in [0.5, 0.6) is 0 Å². The van der Waals surface area contributed by atoms with Crippen LogP contribution in [-0.4, -0.2) is 11.1 Å². The summed E-state index contributed by atoms with van der Waals surface area (Å²) in [5.41, 5.74) is 3.24. The zero-order valence-corrected chi connectivity index (χ0v) is 11.4. The maximum atomic E-state index is 11.5. The number of aliphatic carboxylic acids is 1. The van der Waals surface area contributed by atoms with E-state index in [1.807, 2.05) is 30.3 Å². The molecule has 0 radical (unpaired) electrons. The van der Waals surface area contributed by atoms with E-state index in [1.54, 1.807) is 0 Å². The first-order chi connectivity index (χ1) is 9.72. The van der Waals surface area contributed by atoms with Crippen molar-refractivity contribution in [2.24, 2.45) is 0 Å². The van der Waals surface area contributed by atoms with Crippen LogP contribution in [-0.2, 0) is 16.6 Å². The molecule has 2 aromatic carbocycles. The van der Waals surface area contributed by atoms with E-state index in [0.29, 0.717) is 0 Å². The summed E-state index contributed by atoms with van der Waals surface area (Å²) >= 11 is 0. The number of carboxylic acid groups (broad SMARTS) is 1. The van der Waals surface area contributed by atoms with Gasteiger partial charge in [0, 0.05) is 5.41 Å². The Hall–Kier alpha value is -2.09. The second kappa shape index (κ2) is 5.12. The SMILES string of the molecule is O=C(O)CC1(c2ccccc2)CCCc2ccccc21. The van der Waals surface area contributed by atoms with Crippen molar-refractivity contribution in [3.05, 3.63) is 71.3 Å². The van der Waals surface area contributed by atoms with Crippen molar-refractivity contribution in [3.63, 3.8) is 0 Å². The Kier molecular flexibility index (Phi) is 3.31. The fourth-order valence-electron chi connectivity index (χ4n) is 3.52. The number of fused-ring (bicyclic) bond motifs is 1. The number of carboxylic acids is 1. The van der Waals surface area contributed by atoms with Gasteiger partial charge in [-0.1, -0.05) is 54.6 Å². The van der Waals surface area contributed by atoms with Gasteiger partial charge in [0.05, 0.1) is 6.42 Å². The highest BCUT2D eigenvalue weighted by molar-refractivity contribution is 5.71. The first kappa shape index (κ1) is 12.9. The summed E-state index contributed by atoms with van der Waals surface area (Å²) < 4.78 is 0. The molecule has 0 bridgehead atoms. The van der Waals surface area contributed by atoms with E-state index < -0.39 is 5.97 Å². The van der Waals surface area contributed by atoms with Gasteiger partial charge in [-0.3, -0.25) is 4.79 Å². The molecule has 0 heterocycles. The highest BCUT2D eigenvalue weighted by Crippen LogP contribution is 2.45. The number of aryl methyl sites for hydroxylation is 1. The first-order valence-electron chi connectivity index (χ1n) is 7.08. The maximum Gasteiger partial charge on any atom is 0.304 e. The average Bonchev–Trinajstić information content (AvgIpc) is 2.48. The smallest absolute Gasteiger partial charge is 0.304 e. The van der Waals surface area contributed by atoms with Gasteiger partial charge in [0.25, 0.3) is 0 Å². The second-order valence-corrected chi connectivity index (χ2v) is 5.53. The summed E-state index contributed by atoms with van der Waals surface area (Å²) in [5.74, 6) is -0.731. The summed E-state index contributed by atoms with van der Waals surface area (Å²) in [6.45, 7) is 0. The maximum absolute atomic E-state index is 11.5. The molecule has 1 atom stereocenters. The van der Waals surface area contributed by atoms with Crippen molar-refractivity contribution < 1.29 is 9.90 Å². The van der Waals surface area contributed by atoms with Gasteiger partial charge in [0.15, 0.2) is 0 Å². The largest absolute Gasteiger partial charge is 0.481 e. The molecule has 0 amide bonds. The molecular formula is C18H18O2. The Bertz CT molecular complexity index is 618. The minimum absolute atomic E-state index is 0.161. The third-order valence-corrected chi connectivity index (χ3v) is 4.36. The van der Waals surface area contributed by atoms with Crippen LogP contribution < -0.4 is 0 Å². The second-order valence-electron chi connectivity index (χ2n) is 5.53. The minimum atomic E-state index is -0.731. The van der Waals surface area contributed by atoms with Gasteiger partial charge in [0.2, 0.25) is 0 Å². The molecule has 2 heteroatoms. The fourth-order valence-corrected chi connectivity index (χ4v) is 3.52. The van der Waals surface area contributed by atoms with Gasteiger partial charge < -0.3 is 5.11 Å². The van der Waals surface area contributed by atoms with E-state index in [0.717, 1.165) is 24.8 Å². The monoisotopic (exact) mass is 266 g/mol. The van der Waals surface area contributed by atoms with Crippen molar-refractivity contribution in [1.29, 1.82) is 0 Å². The summed E-state index contributed by atoms with van der Waals surface area (Å²) in [6.07, 6.45) is 3.15. The summed E-state index contributed by atoms with van der Waals surface area (Å²) in [5, 5.41) is 9.42. The Labute approximate surface area is 119 Å². The Morgan fingerprint density at radius 2 is 1.75 bits per heavy atom. The average molecular weight is 266 g/mol. The molecule has 0 aliphatic heterocycles. The highest BCUT2D eigenvalue weighted by atomic mass is 16.4. The van der Waals surface area contributed by atoms with Gasteiger partial charge in [-0.05, 0) is 36.0 Å². The number of rotatable bonds is 3. The third kappa shape index (κ3) is 2.11. The van der Waals surface area contributed by atoms with Gasteiger partial charge in [-0.15, -0.1) is 0 Å². The van der Waals surface area contributed by atoms with E-state index in [4.69, 9.17) is 0 Å². The standard InChI is InChI=1S/C18H18O2/c19-17(20)13-18(15-9-2-1-3-10-15)12-6-8-14-7-4-5-11-16(14)18/h1-5,7,9-11H,6,8,12-13H2,(H,19,20). The lowest BCUT2D eigenvalue weighted by molar-refractivity contribution is -0.138. The molecule has 0 fully saturated rings. The van der Waals surface area contributed by atoms with E-state index in [1.165, 1.54) is 11.1 Å². The summed E-state index contributed by atoms with van der Waals surface area (Å²) in [4.78, 5) is 11.5. The highest BCUT2D eigenvalue weighted by Gasteiger charge is 2.39. The Morgan fingerprint density at radius 1 is 1.05 bits per heavy atom. The molecule has 102 valence electrons. The Morgan fingerprint density at radius 3 is 2.50 bits per heavy atom. The number of hydrogen-bond donors (Lipinski definition) is 1. The van der Waals surface area contributed by atoms with Crippen molar-refractivity contribution in [2.75, 3.05) is 0 Å². The number of hydrogen-bond acceptors (Lipinski definition) is 1. The lowest BCUT2D eigenvalue weighted by Gasteiger charge is -2.39. The molecule has 20 heavy (non-hydrogen) atoms. The molecule has 2 aromatic rings. The van der Waals surface area contributed by atoms with Crippen LogP contribution >= 0.6 is 0 Å². The molecular weight excluding hydrogens is 248 g/mol. The van der Waals surface area contributed by atoms with Gasteiger partial charge in [0.1, 0.15) is 0 Å². The normalized spacial score (nSPS) is 21.2. The predicted octanol–water partition coefficient (Wildman–Crippen LogP) is 3.78. The van der Waals surface area contributed by atoms with Crippen molar-refractivity contribution in [1.82, 2.24) is 0 Å². The number of carbonyl (C=O) groups is 1. The lowest BCUT2D eigenvalue weighted by Crippen LogP contribution is -2.34. The Balaban J connectivity index is 2.20. The molecule has 0 saturated carbocycles. The zero-order valence-electron chi connectivity index (χ0n) is 11.4. The lowest BCUT2D eigenvalue weighted by atomic mass is 9.64. The van der Waals surface area contributed by atoms with Gasteiger partial charge in [-0.25, -0.2) is 0 Å². The molecule has 3 rings (SSSR count). The minimum Gasteiger partial charge on any atom is -0.481 e. The van der Waals surface area contributed by atoms with E-state index >= 15 is 0 Å². The van der Waals surface area contributed by atoms with Crippen LogP contribution in [0.1, 0.15) is 36.0 Å². The van der Waals surface area contributed by atoms with Crippen LogP contribution in [0.2, 0.25) is 0 Å². The van der Waals surface area contributed by atoms with Crippen molar-refractivity contribution in [3.8, 4) is 0 Å². The quantitative estimate of drug-likeness (QED) is 0.917. The van der Waals surface area contributed by atoms with E-state index in [2.05, 4.69) is 24.3 Å². The van der Waals surface area contributed by atoms with Crippen LogP contribution in [0.25, 0.3) is 0 Å². The topological polar surface area (TPSA) is 37.3 Å². The molecule has 0 saturated heterocycles. The summed E-state index contributed by atoms with van der Waals surface area (Å²) in [6, 6.07) is 18.4. The summed E-state index contributed by atoms with van der Waals surface area (Å²) in [7, 11) is 0. The van der Waals surface area contributed by atoms with Gasteiger partial charge >= 0.3 is 5.97 Å². The van der Waals surface area contributed by atoms with Crippen LogP contribution in [0.3, 0.4) is 0 Å². The van der Waals surface area contributed by atoms with Crippen molar-refractivity contribution in [2.45, 2.75) is 31.1 Å². The molecule has 1 N–H and O–H groups in total. The van der Waals surface area contributed by atoms with Crippen LogP contribution in [0.4, 0.5) is 0 Å². The molecule has 1 aliphatic rings. The first-order valence-corrected chi connectivity index (χ1v) is 7.08. The molecule has 1 aliphatic carbocycles. The fraction of sp³-hybridized carbons (Fsp3) is 0.278. The van der Waals surface area contributed by atoms with E-state index in [9.17, 15) is 9.90 Å². The van der Waals surface area contributed by atoms with Crippen molar-refractivity contribution >= 4 is 5.97 Å². The molecule has 1 unspecified atom stereocenters. The molecule has 2 nitrogen and oxygen atoms in total. The predicted molar refractivity (Wildman–Crippen MR) is 78.9 cm³/mol. The van der Waals surface area contributed by atoms with Crippen LogP contribution in [0.15, 0.2) is 54.6 Å². The van der Waals surface area contributed by atoms with Crippen LogP contribution in [0, 0.1) is 0 Å². The third-order valence-electron chi connectivity index (χ3n) is 4.36. The van der Waals surface area contributed by atoms with Gasteiger partial charge in [-0.2, -0.15) is 0 Å².